The Morgan fingerprint density at radius 3 is 2.95 bits per heavy atom. The maximum Gasteiger partial charge on any atom is 0.233 e. The third-order valence-corrected chi connectivity index (χ3v) is 3.78. The van der Waals surface area contributed by atoms with E-state index in [2.05, 4.69) is 20.4 Å². The fourth-order valence-corrected chi connectivity index (χ4v) is 2.56. The van der Waals surface area contributed by atoms with Crippen molar-refractivity contribution in [2.75, 3.05) is 45.4 Å². The van der Waals surface area contributed by atoms with E-state index in [-0.39, 0.29) is 11.8 Å². The van der Waals surface area contributed by atoms with Crippen LogP contribution >= 0.6 is 0 Å². The molecule has 1 saturated heterocycles. The molecule has 122 valence electrons. The minimum Gasteiger partial charge on any atom is -0.480 e. The molecule has 1 aromatic heterocycles. The summed E-state index contributed by atoms with van der Waals surface area (Å²) in [6.45, 7) is 2.90. The zero-order chi connectivity index (χ0) is 15.8. The number of ether oxygens (including phenoxy) is 2. The maximum absolute atomic E-state index is 12.2. The van der Waals surface area contributed by atoms with Crippen molar-refractivity contribution in [1.29, 1.82) is 0 Å². The molecule has 1 N–H and O–H groups in total. The molecule has 0 spiro atoms. The lowest BCUT2D eigenvalue weighted by Gasteiger charge is -2.32. The van der Waals surface area contributed by atoms with Crippen LogP contribution in [0.1, 0.15) is 19.3 Å². The first kappa shape index (κ1) is 16.5. The van der Waals surface area contributed by atoms with Gasteiger partial charge in [-0.1, -0.05) is 0 Å². The van der Waals surface area contributed by atoms with Crippen LogP contribution in [0.5, 0.6) is 5.88 Å². The van der Waals surface area contributed by atoms with Crippen molar-refractivity contribution in [2.24, 2.45) is 5.92 Å². The normalized spacial score (nSPS) is 18.1. The third kappa shape index (κ3) is 4.56. The number of nitrogens with one attached hydrogen (secondary N) is 1. The van der Waals surface area contributed by atoms with Gasteiger partial charge in [-0.2, -0.15) is 0 Å². The highest BCUT2D eigenvalue weighted by atomic mass is 16.5. The van der Waals surface area contributed by atoms with E-state index >= 15 is 0 Å². The van der Waals surface area contributed by atoms with E-state index in [9.17, 15) is 4.79 Å². The second-order valence-electron chi connectivity index (χ2n) is 5.36. The van der Waals surface area contributed by atoms with E-state index in [1.807, 2.05) is 6.07 Å². The number of aromatic nitrogens is 2. The lowest BCUT2D eigenvalue weighted by molar-refractivity contribution is -0.125. The van der Waals surface area contributed by atoms with Gasteiger partial charge >= 0.3 is 0 Å². The van der Waals surface area contributed by atoms with E-state index in [4.69, 9.17) is 9.47 Å². The van der Waals surface area contributed by atoms with Gasteiger partial charge < -0.3 is 19.7 Å². The highest BCUT2D eigenvalue weighted by Gasteiger charge is 2.26. The van der Waals surface area contributed by atoms with Crippen molar-refractivity contribution >= 4 is 11.7 Å². The predicted molar refractivity (Wildman–Crippen MR) is 83.0 cm³/mol. The number of nitrogens with zero attached hydrogens (tertiary/aromatic N) is 3. The minimum absolute atomic E-state index is 0.000182. The van der Waals surface area contributed by atoms with Crippen LogP contribution in [0.2, 0.25) is 0 Å². The molecule has 0 radical (unpaired) electrons. The van der Waals surface area contributed by atoms with E-state index in [0.29, 0.717) is 25.6 Å². The van der Waals surface area contributed by atoms with Gasteiger partial charge in [-0.3, -0.25) is 4.79 Å². The van der Waals surface area contributed by atoms with Crippen molar-refractivity contribution in [3.05, 3.63) is 12.1 Å². The summed E-state index contributed by atoms with van der Waals surface area (Å²) in [4.78, 5) is 14.3. The monoisotopic (exact) mass is 308 g/mol. The summed E-state index contributed by atoms with van der Waals surface area (Å²) in [5.41, 5.74) is 0. The molecule has 0 bridgehead atoms. The Morgan fingerprint density at radius 2 is 2.27 bits per heavy atom. The van der Waals surface area contributed by atoms with E-state index in [1.165, 1.54) is 0 Å². The molecule has 0 aromatic carbocycles. The van der Waals surface area contributed by atoms with E-state index in [1.54, 1.807) is 20.3 Å². The van der Waals surface area contributed by atoms with Crippen molar-refractivity contribution in [2.45, 2.75) is 19.3 Å². The summed E-state index contributed by atoms with van der Waals surface area (Å²) in [5, 5.41) is 11.1. The molecule has 1 fully saturated rings. The lowest BCUT2D eigenvalue weighted by atomic mass is 9.97. The van der Waals surface area contributed by atoms with Crippen LogP contribution in [-0.2, 0) is 9.53 Å². The molecule has 1 atom stereocenters. The molecule has 0 saturated carbocycles. The van der Waals surface area contributed by atoms with Crippen LogP contribution in [0.3, 0.4) is 0 Å². The van der Waals surface area contributed by atoms with Gasteiger partial charge in [0.25, 0.3) is 0 Å². The summed E-state index contributed by atoms with van der Waals surface area (Å²) in [7, 11) is 3.23. The number of anilines is 1. The van der Waals surface area contributed by atoms with Crippen molar-refractivity contribution in [1.82, 2.24) is 15.5 Å². The molecular formula is C15H24N4O3. The van der Waals surface area contributed by atoms with E-state index < -0.39 is 0 Å². The van der Waals surface area contributed by atoms with Crippen LogP contribution in [0.4, 0.5) is 5.82 Å². The number of piperidine rings is 1. The Balaban J connectivity index is 1.86. The van der Waals surface area contributed by atoms with Crippen LogP contribution in [-0.4, -0.2) is 56.6 Å². The summed E-state index contributed by atoms with van der Waals surface area (Å²) in [6.07, 6.45) is 2.72. The second-order valence-corrected chi connectivity index (χ2v) is 5.36. The fraction of sp³-hybridized carbons (Fsp3) is 0.667. The number of amides is 1. The molecule has 0 unspecified atom stereocenters. The quantitative estimate of drug-likeness (QED) is 0.753. The highest BCUT2D eigenvalue weighted by Crippen LogP contribution is 2.22. The van der Waals surface area contributed by atoms with Gasteiger partial charge in [0.15, 0.2) is 5.82 Å². The van der Waals surface area contributed by atoms with Gasteiger partial charge in [0, 0.05) is 39.4 Å². The van der Waals surface area contributed by atoms with Crippen LogP contribution < -0.4 is 15.0 Å². The number of carbonyl (C=O) groups excluding carboxylic acids is 1. The summed E-state index contributed by atoms with van der Waals surface area (Å²) in [6, 6.07) is 3.67. The molecular weight excluding hydrogens is 284 g/mol. The standard InChI is InChI=1S/C15H24N4O3/c1-21-10-4-8-16-15(20)12-5-3-9-19(11-12)13-6-7-14(22-2)18-17-13/h6-7,12H,3-5,8-11H2,1-2H3,(H,16,20)/t12-/m0/s1. The molecule has 22 heavy (non-hydrogen) atoms. The van der Waals surface area contributed by atoms with E-state index in [0.717, 1.165) is 31.6 Å². The van der Waals surface area contributed by atoms with Crippen LogP contribution in [0.25, 0.3) is 0 Å². The summed E-state index contributed by atoms with van der Waals surface area (Å²) in [5.74, 6) is 1.40. The highest BCUT2D eigenvalue weighted by molar-refractivity contribution is 5.79. The van der Waals surface area contributed by atoms with Crippen molar-refractivity contribution in [3.63, 3.8) is 0 Å². The van der Waals surface area contributed by atoms with Gasteiger partial charge in [-0.15, -0.1) is 10.2 Å². The van der Waals surface area contributed by atoms with Crippen molar-refractivity contribution < 1.29 is 14.3 Å². The lowest BCUT2D eigenvalue weighted by Crippen LogP contribution is -2.43. The molecule has 0 aliphatic carbocycles. The third-order valence-electron chi connectivity index (χ3n) is 3.78. The first-order valence-corrected chi connectivity index (χ1v) is 7.64. The summed E-state index contributed by atoms with van der Waals surface area (Å²) >= 11 is 0. The van der Waals surface area contributed by atoms with Gasteiger partial charge in [0.1, 0.15) is 0 Å². The number of hydrogen-bond donors (Lipinski definition) is 1. The Kier molecular flexibility index (Phi) is 6.39. The molecule has 1 aliphatic rings. The zero-order valence-electron chi connectivity index (χ0n) is 13.2. The largest absolute Gasteiger partial charge is 0.480 e. The molecule has 7 nitrogen and oxygen atoms in total. The number of hydrogen-bond acceptors (Lipinski definition) is 6. The predicted octanol–water partition coefficient (Wildman–Crippen LogP) is 0.854. The van der Waals surface area contributed by atoms with Crippen LogP contribution in [0, 0.1) is 5.92 Å². The Morgan fingerprint density at radius 1 is 1.41 bits per heavy atom. The van der Waals surface area contributed by atoms with Crippen LogP contribution in [0.15, 0.2) is 12.1 Å². The number of carbonyl (C=O) groups is 1. The van der Waals surface area contributed by atoms with Gasteiger partial charge in [-0.05, 0) is 25.3 Å². The molecule has 2 heterocycles. The Bertz CT molecular complexity index is 466. The first-order valence-electron chi connectivity index (χ1n) is 7.64. The average molecular weight is 308 g/mol. The molecule has 2 rings (SSSR count). The molecule has 1 amide bonds. The fourth-order valence-electron chi connectivity index (χ4n) is 2.56. The number of rotatable bonds is 7. The van der Waals surface area contributed by atoms with Gasteiger partial charge in [0.05, 0.1) is 13.0 Å². The zero-order valence-corrected chi connectivity index (χ0v) is 13.2. The van der Waals surface area contributed by atoms with Gasteiger partial charge in [0.2, 0.25) is 11.8 Å². The Hall–Kier alpha value is -1.89. The van der Waals surface area contributed by atoms with Gasteiger partial charge in [-0.25, -0.2) is 0 Å². The number of methoxy groups -OCH3 is 2. The Labute approximate surface area is 131 Å². The maximum atomic E-state index is 12.2. The smallest absolute Gasteiger partial charge is 0.233 e. The average Bonchev–Trinajstić information content (AvgIpc) is 2.59. The second kappa shape index (κ2) is 8.53. The topological polar surface area (TPSA) is 76.6 Å². The minimum atomic E-state index is 0.000182. The molecule has 1 aromatic rings. The SMILES string of the molecule is COCCCNC(=O)[C@H]1CCCN(c2ccc(OC)nn2)C1. The molecule has 7 heteroatoms. The molecule has 1 aliphatic heterocycles. The van der Waals surface area contributed by atoms with Crippen molar-refractivity contribution in [3.8, 4) is 5.88 Å². The summed E-state index contributed by atoms with van der Waals surface area (Å²) < 4.78 is 9.99. The first-order chi connectivity index (χ1) is 10.7.